The van der Waals surface area contributed by atoms with Gasteiger partial charge in [-0.25, -0.2) is 0 Å². The average Bonchev–Trinajstić information content (AvgIpc) is 2.40. The van der Waals surface area contributed by atoms with Gasteiger partial charge < -0.3 is 9.84 Å². The zero-order chi connectivity index (χ0) is 15.1. The first kappa shape index (κ1) is 17.0. The Morgan fingerprint density at radius 3 is 2.60 bits per heavy atom. The Bertz CT molecular complexity index is 457. The molecule has 1 rings (SSSR count). The molecule has 0 saturated heterocycles. The molecule has 112 valence electrons. The van der Waals surface area contributed by atoms with Gasteiger partial charge in [0.2, 0.25) is 0 Å². The predicted molar refractivity (Wildman–Crippen MR) is 85.0 cm³/mol. The van der Waals surface area contributed by atoms with Gasteiger partial charge in [0.05, 0.1) is 5.56 Å². The van der Waals surface area contributed by atoms with E-state index in [1.165, 1.54) is 6.92 Å². The number of hydrogen-bond acceptors (Lipinski definition) is 3. The Kier molecular flexibility index (Phi) is 7.06. The van der Waals surface area contributed by atoms with Crippen LogP contribution in [0.15, 0.2) is 12.1 Å². The van der Waals surface area contributed by atoms with Crippen molar-refractivity contribution in [2.24, 2.45) is 0 Å². The number of unbranched alkanes of at least 4 members (excludes halogenated alkanes) is 1. The first-order chi connectivity index (χ1) is 9.51. The van der Waals surface area contributed by atoms with Crippen LogP contribution in [0.5, 0.6) is 11.5 Å². The van der Waals surface area contributed by atoms with Crippen LogP contribution >= 0.6 is 15.9 Å². The van der Waals surface area contributed by atoms with Crippen LogP contribution in [0.1, 0.15) is 62.4 Å². The molecule has 4 heteroatoms. The van der Waals surface area contributed by atoms with E-state index in [0.29, 0.717) is 17.7 Å². The second kappa shape index (κ2) is 8.30. The quantitative estimate of drug-likeness (QED) is 0.543. The molecule has 0 saturated carbocycles. The van der Waals surface area contributed by atoms with Gasteiger partial charge in [0, 0.05) is 5.56 Å². The number of Topliss-reactive ketones (excluding diaryl/α,β-unsaturated/α-hetero) is 1. The summed E-state index contributed by atoms with van der Waals surface area (Å²) in [6.45, 7) is 5.63. The normalized spacial score (nSPS) is 12.2. The number of carbonyl (C=O) groups excluding carboxylic acids is 1. The molecule has 0 spiro atoms. The third-order valence-electron chi connectivity index (χ3n) is 3.16. The highest BCUT2D eigenvalue weighted by Crippen LogP contribution is 2.34. The maximum atomic E-state index is 11.5. The second-order valence-electron chi connectivity index (χ2n) is 4.91. The lowest BCUT2D eigenvalue weighted by Crippen LogP contribution is -2.10. The molecule has 1 unspecified atom stereocenters. The fourth-order valence-electron chi connectivity index (χ4n) is 2.07. The fourth-order valence-corrected chi connectivity index (χ4v) is 2.59. The summed E-state index contributed by atoms with van der Waals surface area (Å²) in [7, 11) is 0. The van der Waals surface area contributed by atoms with Crippen LogP contribution in [0.3, 0.4) is 0 Å². The van der Waals surface area contributed by atoms with Crippen molar-refractivity contribution in [1.82, 2.24) is 0 Å². The molecule has 0 fully saturated rings. The Morgan fingerprint density at radius 2 is 2.05 bits per heavy atom. The molecule has 0 radical (unpaired) electrons. The van der Waals surface area contributed by atoms with Crippen molar-refractivity contribution < 1.29 is 14.6 Å². The van der Waals surface area contributed by atoms with E-state index in [9.17, 15) is 9.90 Å². The van der Waals surface area contributed by atoms with E-state index in [1.807, 2.05) is 6.92 Å². The zero-order valence-electron chi connectivity index (χ0n) is 12.4. The lowest BCUT2D eigenvalue weighted by molar-refractivity contribution is 0.101. The van der Waals surface area contributed by atoms with Crippen molar-refractivity contribution in [3.63, 3.8) is 0 Å². The predicted octanol–water partition coefficient (Wildman–Crippen LogP) is 4.84. The van der Waals surface area contributed by atoms with Crippen molar-refractivity contribution in [2.45, 2.75) is 57.9 Å². The van der Waals surface area contributed by atoms with E-state index < -0.39 is 0 Å². The molecule has 0 aliphatic rings. The molecule has 1 aromatic rings. The van der Waals surface area contributed by atoms with Gasteiger partial charge >= 0.3 is 0 Å². The van der Waals surface area contributed by atoms with Crippen LogP contribution in [0.25, 0.3) is 0 Å². The Labute approximate surface area is 129 Å². The third kappa shape index (κ3) is 4.51. The number of phenols is 1. The molecule has 1 aromatic carbocycles. The number of hydrogen-bond donors (Lipinski definition) is 1. The zero-order valence-corrected chi connectivity index (χ0v) is 14.0. The van der Waals surface area contributed by atoms with E-state index in [1.54, 1.807) is 12.1 Å². The van der Waals surface area contributed by atoms with E-state index >= 15 is 0 Å². The Hall–Kier alpha value is -1.03. The summed E-state index contributed by atoms with van der Waals surface area (Å²) in [5.41, 5.74) is 1.08. The average molecular weight is 343 g/mol. The summed E-state index contributed by atoms with van der Waals surface area (Å²) < 4.78 is 5.86. The number of halogens is 1. The van der Waals surface area contributed by atoms with E-state index in [4.69, 9.17) is 4.74 Å². The highest BCUT2D eigenvalue weighted by molar-refractivity contribution is 9.09. The van der Waals surface area contributed by atoms with Crippen LogP contribution < -0.4 is 4.74 Å². The topological polar surface area (TPSA) is 46.5 Å². The van der Waals surface area contributed by atoms with Gasteiger partial charge in [-0.05, 0) is 54.2 Å². The van der Waals surface area contributed by atoms with Crippen molar-refractivity contribution >= 4 is 21.7 Å². The van der Waals surface area contributed by atoms with E-state index in [2.05, 4.69) is 22.9 Å². The van der Waals surface area contributed by atoms with Crippen LogP contribution in [0.4, 0.5) is 0 Å². The number of phenolic OH excluding ortho intramolecular Hbond substituents is 1. The molecule has 1 atom stereocenters. The summed E-state index contributed by atoms with van der Waals surface area (Å²) in [6, 6.07) is 3.41. The molecule has 1 N–H and O–H groups in total. The van der Waals surface area contributed by atoms with Crippen LogP contribution in [-0.4, -0.2) is 15.9 Å². The molecule has 0 amide bonds. The summed E-state index contributed by atoms with van der Waals surface area (Å²) in [4.78, 5) is 11.5. The highest BCUT2D eigenvalue weighted by Gasteiger charge is 2.17. The third-order valence-corrected chi connectivity index (χ3v) is 3.80. The van der Waals surface area contributed by atoms with Crippen LogP contribution in [0.2, 0.25) is 0 Å². The molecule has 0 aliphatic carbocycles. The lowest BCUT2D eigenvalue weighted by atomic mass is 10.0. The smallest absolute Gasteiger partial charge is 0.163 e. The minimum atomic E-state index is -0.132. The standard InChI is InChI=1S/C16H23BrO3/c1-4-6-8-15(17)20-14-10-9-12(11(3)18)16(19)13(14)7-5-2/h9-10,15,19H,4-8H2,1-3H3. The second-order valence-corrected chi connectivity index (χ2v) is 5.94. The Morgan fingerprint density at radius 1 is 1.35 bits per heavy atom. The van der Waals surface area contributed by atoms with Gasteiger partial charge in [-0.2, -0.15) is 0 Å². The number of benzene rings is 1. The molecule has 0 aromatic heterocycles. The Balaban J connectivity index is 3.00. The number of rotatable bonds is 8. The van der Waals surface area contributed by atoms with Crippen molar-refractivity contribution in [1.29, 1.82) is 0 Å². The molecule has 3 nitrogen and oxygen atoms in total. The molecular formula is C16H23BrO3. The first-order valence-corrected chi connectivity index (χ1v) is 8.09. The maximum absolute atomic E-state index is 11.5. The number of alkyl halides is 1. The van der Waals surface area contributed by atoms with Crippen molar-refractivity contribution in [2.75, 3.05) is 0 Å². The summed E-state index contributed by atoms with van der Waals surface area (Å²) in [6.07, 6.45) is 4.68. The number of ketones is 1. The summed E-state index contributed by atoms with van der Waals surface area (Å²) in [5, 5.41) is 10.2. The molecule has 0 aliphatic heterocycles. The van der Waals surface area contributed by atoms with E-state index in [-0.39, 0.29) is 16.5 Å². The molecule has 0 heterocycles. The van der Waals surface area contributed by atoms with E-state index in [0.717, 1.165) is 31.2 Å². The number of carbonyl (C=O) groups is 1. The minimum absolute atomic E-state index is 0.0621. The minimum Gasteiger partial charge on any atom is -0.507 e. The van der Waals surface area contributed by atoms with Gasteiger partial charge in [-0.15, -0.1) is 0 Å². The molecule has 20 heavy (non-hydrogen) atoms. The van der Waals surface area contributed by atoms with Crippen molar-refractivity contribution in [3.8, 4) is 11.5 Å². The van der Waals surface area contributed by atoms with Gasteiger partial charge in [0.1, 0.15) is 11.5 Å². The summed E-state index contributed by atoms with van der Waals surface area (Å²) >= 11 is 3.50. The van der Waals surface area contributed by atoms with Crippen LogP contribution in [0, 0.1) is 0 Å². The lowest BCUT2D eigenvalue weighted by Gasteiger charge is -2.18. The maximum Gasteiger partial charge on any atom is 0.163 e. The first-order valence-electron chi connectivity index (χ1n) is 7.17. The monoisotopic (exact) mass is 342 g/mol. The fraction of sp³-hybridized carbons (Fsp3) is 0.562. The SMILES string of the molecule is CCCCC(Br)Oc1ccc(C(C)=O)c(O)c1CCC. The van der Waals surface area contributed by atoms with Gasteiger partial charge in [0.15, 0.2) is 10.8 Å². The molecular weight excluding hydrogens is 320 g/mol. The summed E-state index contributed by atoms with van der Waals surface area (Å²) in [5.74, 6) is 0.590. The highest BCUT2D eigenvalue weighted by atomic mass is 79.9. The largest absolute Gasteiger partial charge is 0.507 e. The van der Waals surface area contributed by atoms with Gasteiger partial charge in [-0.1, -0.05) is 26.7 Å². The van der Waals surface area contributed by atoms with Crippen molar-refractivity contribution in [3.05, 3.63) is 23.3 Å². The molecule has 0 bridgehead atoms. The van der Waals surface area contributed by atoms with Gasteiger partial charge in [-0.3, -0.25) is 4.79 Å². The number of ether oxygens (including phenoxy) is 1. The van der Waals surface area contributed by atoms with Gasteiger partial charge in [0.25, 0.3) is 0 Å². The number of aromatic hydroxyl groups is 1. The van der Waals surface area contributed by atoms with Crippen LogP contribution in [-0.2, 0) is 6.42 Å².